The van der Waals surface area contributed by atoms with Crippen LogP contribution >= 0.6 is 11.8 Å². The Kier molecular flexibility index (Phi) is 4.75. The van der Waals surface area contributed by atoms with Crippen molar-refractivity contribution in [1.29, 1.82) is 0 Å². The van der Waals surface area contributed by atoms with Crippen LogP contribution in [0.3, 0.4) is 0 Å². The fourth-order valence-corrected chi connectivity index (χ4v) is 2.92. The Balaban J connectivity index is 1.62. The predicted octanol–water partition coefficient (Wildman–Crippen LogP) is 2.08. The number of nitrogens with one attached hydrogen (secondary N) is 3. The highest BCUT2D eigenvalue weighted by Crippen LogP contribution is 2.19. The highest BCUT2D eigenvalue weighted by Gasteiger charge is 2.11. The number of thioether (sulfide) groups is 1. The number of aromatic nitrogens is 4. The van der Waals surface area contributed by atoms with Crippen LogP contribution < -0.4 is 16.6 Å². The number of hydrogen-bond donors (Lipinski definition) is 4. The second kappa shape index (κ2) is 6.98. The normalized spacial score (nSPS) is 11.2. The smallest absolute Gasteiger partial charge is 0.278 e. The number of nitrogens with two attached hydrogens (primary N) is 1. The molecule has 0 spiro atoms. The summed E-state index contributed by atoms with van der Waals surface area (Å²) >= 11 is 1.18. The lowest BCUT2D eigenvalue weighted by Crippen LogP contribution is -2.14. The lowest BCUT2D eigenvalue weighted by atomic mass is 10.0. The zero-order chi connectivity index (χ0) is 18.0. The quantitative estimate of drug-likeness (QED) is 0.517. The third-order valence-corrected chi connectivity index (χ3v) is 4.43. The number of fused-ring (bicyclic) bond motifs is 1. The molecule has 0 unspecified atom stereocenters. The van der Waals surface area contributed by atoms with E-state index in [1.54, 1.807) is 0 Å². The van der Waals surface area contributed by atoms with E-state index in [0.29, 0.717) is 11.1 Å². The first kappa shape index (κ1) is 17.0. The number of anilines is 2. The molecule has 5 N–H and O–H groups in total. The number of nitrogens with zero attached hydrogens (tertiary/aromatic N) is 2. The van der Waals surface area contributed by atoms with Crippen LogP contribution in [0.15, 0.2) is 34.2 Å². The molecule has 1 amide bonds. The van der Waals surface area contributed by atoms with Crippen LogP contribution in [0.25, 0.3) is 11.2 Å². The van der Waals surface area contributed by atoms with Crippen molar-refractivity contribution in [2.24, 2.45) is 0 Å². The monoisotopic (exact) mass is 358 g/mol. The number of nitrogen functional groups attached to an aromatic ring is 1. The number of hydrogen-bond acceptors (Lipinski definition) is 6. The molecule has 1 aromatic carbocycles. The van der Waals surface area contributed by atoms with Gasteiger partial charge in [-0.25, -0.2) is 4.98 Å². The molecule has 0 atom stereocenters. The van der Waals surface area contributed by atoms with Gasteiger partial charge in [-0.05, 0) is 23.6 Å². The van der Waals surface area contributed by atoms with E-state index in [2.05, 4.69) is 39.1 Å². The van der Waals surface area contributed by atoms with E-state index in [-0.39, 0.29) is 28.8 Å². The molecule has 8 nitrogen and oxygen atoms in total. The molecule has 130 valence electrons. The molecule has 2 heterocycles. The minimum Gasteiger partial charge on any atom is -0.369 e. The van der Waals surface area contributed by atoms with Crippen LogP contribution in [0, 0.1) is 0 Å². The SMILES string of the molecule is CC(C)c1ccc(NC(=O)CSc2nc3nc(N)[nH]c(=O)c3[nH]2)cc1. The fourth-order valence-electron chi connectivity index (χ4n) is 2.25. The number of amides is 1. The Morgan fingerprint density at radius 3 is 2.64 bits per heavy atom. The van der Waals surface area contributed by atoms with Gasteiger partial charge in [0.15, 0.2) is 16.3 Å². The van der Waals surface area contributed by atoms with Gasteiger partial charge in [0, 0.05) is 5.69 Å². The molecule has 3 aromatic rings. The van der Waals surface area contributed by atoms with E-state index < -0.39 is 5.56 Å². The summed E-state index contributed by atoms with van der Waals surface area (Å²) in [5.74, 6) is 0.436. The molecule has 0 saturated carbocycles. The molecule has 0 fully saturated rings. The van der Waals surface area contributed by atoms with Gasteiger partial charge in [-0.3, -0.25) is 14.6 Å². The topological polar surface area (TPSA) is 130 Å². The molecule has 9 heteroatoms. The third-order valence-electron chi connectivity index (χ3n) is 3.56. The van der Waals surface area contributed by atoms with Crippen molar-refractivity contribution in [2.45, 2.75) is 24.9 Å². The van der Waals surface area contributed by atoms with E-state index in [4.69, 9.17) is 5.73 Å². The van der Waals surface area contributed by atoms with Crippen molar-refractivity contribution in [3.8, 4) is 0 Å². The van der Waals surface area contributed by atoms with Crippen molar-refractivity contribution in [3.05, 3.63) is 40.2 Å². The number of imidazole rings is 1. The Labute approximate surface area is 147 Å². The summed E-state index contributed by atoms with van der Waals surface area (Å²) in [6.07, 6.45) is 0. The number of aromatic amines is 2. The number of carbonyl (C=O) groups excluding carboxylic acids is 1. The van der Waals surface area contributed by atoms with E-state index in [1.807, 2.05) is 24.3 Å². The second-order valence-electron chi connectivity index (χ2n) is 5.81. The Morgan fingerprint density at radius 1 is 1.24 bits per heavy atom. The average Bonchev–Trinajstić information content (AvgIpc) is 2.97. The summed E-state index contributed by atoms with van der Waals surface area (Å²) in [4.78, 5) is 37.1. The molecule has 3 rings (SSSR count). The van der Waals surface area contributed by atoms with Crippen molar-refractivity contribution in [1.82, 2.24) is 19.9 Å². The zero-order valence-electron chi connectivity index (χ0n) is 13.8. The van der Waals surface area contributed by atoms with Crippen LogP contribution in [0.1, 0.15) is 25.3 Å². The largest absolute Gasteiger partial charge is 0.369 e. The van der Waals surface area contributed by atoms with Crippen molar-refractivity contribution in [3.63, 3.8) is 0 Å². The molecule has 0 aliphatic carbocycles. The zero-order valence-corrected chi connectivity index (χ0v) is 14.6. The average molecular weight is 358 g/mol. The molecule has 0 aliphatic rings. The first-order valence-corrected chi connectivity index (χ1v) is 8.69. The van der Waals surface area contributed by atoms with E-state index in [9.17, 15) is 9.59 Å². The maximum absolute atomic E-state index is 12.1. The molecular formula is C16H18N6O2S. The second-order valence-corrected chi connectivity index (χ2v) is 6.77. The number of carbonyl (C=O) groups is 1. The maximum Gasteiger partial charge on any atom is 0.278 e. The fraction of sp³-hybridized carbons (Fsp3) is 0.250. The van der Waals surface area contributed by atoms with Gasteiger partial charge in [0.05, 0.1) is 5.75 Å². The maximum atomic E-state index is 12.1. The Hall–Kier alpha value is -2.81. The van der Waals surface area contributed by atoms with Crippen LogP contribution in [0.4, 0.5) is 11.6 Å². The first-order valence-electron chi connectivity index (χ1n) is 7.70. The molecular weight excluding hydrogens is 340 g/mol. The molecule has 0 radical (unpaired) electrons. The van der Waals surface area contributed by atoms with Gasteiger partial charge in [0.1, 0.15) is 0 Å². The van der Waals surface area contributed by atoms with Gasteiger partial charge < -0.3 is 16.0 Å². The number of H-pyrrole nitrogens is 2. The van der Waals surface area contributed by atoms with Gasteiger partial charge >= 0.3 is 0 Å². The minimum atomic E-state index is -0.392. The standard InChI is InChI=1S/C16H18N6O2S/c1-8(2)9-3-5-10(6-4-9)18-11(23)7-25-16-19-12-13(21-16)20-15(17)22-14(12)24/h3-6,8H,7H2,1-2H3,(H,18,23)(H4,17,19,20,21,22,24). The van der Waals surface area contributed by atoms with Crippen molar-refractivity contribution in [2.75, 3.05) is 16.8 Å². The minimum absolute atomic E-state index is 0.00291. The summed E-state index contributed by atoms with van der Waals surface area (Å²) in [5.41, 5.74) is 7.51. The molecule has 0 bridgehead atoms. The lowest BCUT2D eigenvalue weighted by Gasteiger charge is -2.08. The molecule has 0 saturated heterocycles. The summed E-state index contributed by atoms with van der Waals surface area (Å²) < 4.78 is 0. The van der Waals surface area contributed by atoms with Crippen LogP contribution in [-0.2, 0) is 4.79 Å². The van der Waals surface area contributed by atoms with Crippen molar-refractivity contribution < 1.29 is 4.79 Å². The summed E-state index contributed by atoms with van der Waals surface area (Å²) in [6, 6.07) is 7.75. The van der Waals surface area contributed by atoms with E-state index in [1.165, 1.54) is 17.3 Å². The van der Waals surface area contributed by atoms with Crippen LogP contribution in [0.5, 0.6) is 0 Å². The summed E-state index contributed by atoms with van der Waals surface area (Å²) in [7, 11) is 0. The van der Waals surface area contributed by atoms with E-state index in [0.717, 1.165) is 5.69 Å². The summed E-state index contributed by atoms with van der Waals surface area (Å²) in [5, 5.41) is 3.26. The molecule has 25 heavy (non-hydrogen) atoms. The van der Waals surface area contributed by atoms with Crippen LogP contribution in [0.2, 0.25) is 0 Å². The highest BCUT2D eigenvalue weighted by atomic mass is 32.2. The highest BCUT2D eigenvalue weighted by molar-refractivity contribution is 7.99. The first-order chi connectivity index (χ1) is 11.9. The predicted molar refractivity (Wildman–Crippen MR) is 98.8 cm³/mol. The number of benzene rings is 1. The van der Waals surface area contributed by atoms with E-state index >= 15 is 0 Å². The Morgan fingerprint density at radius 2 is 1.96 bits per heavy atom. The Bertz CT molecular complexity index is 961. The van der Waals surface area contributed by atoms with Crippen molar-refractivity contribution >= 4 is 40.5 Å². The van der Waals surface area contributed by atoms with Crippen LogP contribution in [-0.4, -0.2) is 31.6 Å². The van der Waals surface area contributed by atoms with Gasteiger partial charge in [0.2, 0.25) is 11.9 Å². The van der Waals surface area contributed by atoms with Gasteiger partial charge in [-0.1, -0.05) is 37.7 Å². The lowest BCUT2D eigenvalue weighted by molar-refractivity contribution is -0.113. The number of rotatable bonds is 5. The third kappa shape index (κ3) is 4.00. The summed E-state index contributed by atoms with van der Waals surface area (Å²) in [6.45, 7) is 4.23. The van der Waals surface area contributed by atoms with Gasteiger partial charge in [-0.15, -0.1) is 0 Å². The van der Waals surface area contributed by atoms with Gasteiger partial charge in [-0.2, -0.15) is 4.98 Å². The molecule has 2 aromatic heterocycles. The van der Waals surface area contributed by atoms with Gasteiger partial charge in [0.25, 0.3) is 5.56 Å². The molecule has 0 aliphatic heterocycles.